The van der Waals surface area contributed by atoms with Gasteiger partial charge in [-0.1, -0.05) is 65.8 Å². The molecule has 0 saturated heterocycles. The van der Waals surface area contributed by atoms with Gasteiger partial charge < -0.3 is 5.32 Å². The van der Waals surface area contributed by atoms with Crippen molar-refractivity contribution in [2.45, 2.75) is 18.6 Å². The number of benzene rings is 3. The van der Waals surface area contributed by atoms with Crippen molar-refractivity contribution in [1.82, 2.24) is 14.8 Å². The number of halogens is 1. The van der Waals surface area contributed by atoms with E-state index in [-0.39, 0.29) is 17.4 Å². The summed E-state index contributed by atoms with van der Waals surface area (Å²) in [5, 5.41) is 12.7. The molecule has 1 aromatic heterocycles. The monoisotopic (exact) mass is 476 g/mol. The van der Waals surface area contributed by atoms with Crippen LogP contribution in [0.2, 0.25) is 5.02 Å². The van der Waals surface area contributed by atoms with Crippen LogP contribution in [0, 0.1) is 0 Å². The molecule has 166 valence electrons. The first kappa shape index (κ1) is 22.8. The van der Waals surface area contributed by atoms with Gasteiger partial charge in [0.2, 0.25) is 5.91 Å². The molecule has 4 rings (SSSR count). The van der Waals surface area contributed by atoms with Crippen LogP contribution in [0.4, 0.5) is 5.69 Å². The van der Waals surface area contributed by atoms with Crippen LogP contribution in [0.5, 0.6) is 0 Å². The maximum Gasteiger partial charge on any atom is 0.221 e. The van der Waals surface area contributed by atoms with E-state index in [9.17, 15) is 9.59 Å². The lowest BCUT2D eigenvalue weighted by atomic mass is 10.1. The van der Waals surface area contributed by atoms with Gasteiger partial charge in [-0.05, 0) is 42.0 Å². The van der Waals surface area contributed by atoms with Crippen molar-refractivity contribution < 1.29 is 9.59 Å². The zero-order chi connectivity index (χ0) is 23.2. The summed E-state index contributed by atoms with van der Waals surface area (Å²) in [5.41, 5.74) is 3.09. The van der Waals surface area contributed by atoms with Crippen LogP contribution in [0.3, 0.4) is 0 Å². The molecule has 1 N–H and O–H groups in total. The molecule has 1 heterocycles. The molecule has 0 spiro atoms. The van der Waals surface area contributed by atoms with Gasteiger partial charge in [-0.2, -0.15) is 0 Å². The van der Waals surface area contributed by atoms with Crippen LogP contribution in [-0.2, 0) is 11.3 Å². The summed E-state index contributed by atoms with van der Waals surface area (Å²) in [6.45, 7) is 1.99. The quantitative estimate of drug-likeness (QED) is 0.265. The van der Waals surface area contributed by atoms with Crippen molar-refractivity contribution in [3.63, 3.8) is 0 Å². The standard InChI is InChI=1S/C25H21ClN4O2S/c1-17(31)27-20-13-11-19(12-14-20)23(32)16-33-25-29-28-24(21-9-5-6-10-22(21)26)30(25)15-18-7-3-2-4-8-18/h2-14H,15-16H2,1H3,(H,27,31). The first-order chi connectivity index (χ1) is 16.0. The predicted molar refractivity (Wildman–Crippen MR) is 132 cm³/mol. The number of nitrogens with zero attached hydrogens (tertiary/aromatic N) is 3. The first-order valence-electron chi connectivity index (χ1n) is 10.3. The van der Waals surface area contributed by atoms with Gasteiger partial charge in [0.05, 0.1) is 17.3 Å². The number of amides is 1. The van der Waals surface area contributed by atoms with Gasteiger partial charge in [0, 0.05) is 23.7 Å². The molecule has 0 saturated carbocycles. The maximum absolute atomic E-state index is 12.8. The molecular formula is C25H21ClN4O2S. The molecule has 4 aromatic rings. The number of carbonyl (C=O) groups is 2. The lowest BCUT2D eigenvalue weighted by Crippen LogP contribution is -2.08. The largest absolute Gasteiger partial charge is 0.326 e. The zero-order valence-electron chi connectivity index (χ0n) is 17.9. The summed E-state index contributed by atoms with van der Waals surface area (Å²) in [7, 11) is 0. The minimum absolute atomic E-state index is 0.0390. The summed E-state index contributed by atoms with van der Waals surface area (Å²) in [5.74, 6) is 0.660. The normalized spacial score (nSPS) is 10.7. The average molecular weight is 477 g/mol. The van der Waals surface area contributed by atoms with E-state index >= 15 is 0 Å². The van der Waals surface area contributed by atoms with Gasteiger partial charge in [0.1, 0.15) is 0 Å². The van der Waals surface area contributed by atoms with Crippen LogP contribution in [0.1, 0.15) is 22.8 Å². The zero-order valence-corrected chi connectivity index (χ0v) is 19.4. The molecule has 0 aliphatic heterocycles. The number of anilines is 1. The van der Waals surface area contributed by atoms with Crippen molar-refractivity contribution >= 4 is 40.7 Å². The van der Waals surface area contributed by atoms with Gasteiger partial charge in [0.25, 0.3) is 0 Å². The van der Waals surface area contributed by atoms with Crippen LogP contribution in [0.25, 0.3) is 11.4 Å². The summed E-state index contributed by atoms with van der Waals surface area (Å²) in [4.78, 5) is 23.9. The Kier molecular flexibility index (Phi) is 7.22. The number of nitrogens with one attached hydrogen (secondary N) is 1. The van der Waals surface area contributed by atoms with E-state index in [1.807, 2.05) is 59.2 Å². The van der Waals surface area contributed by atoms with Crippen molar-refractivity contribution in [1.29, 1.82) is 0 Å². The molecular weight excluding hydrogens is 456 g/mol. The molecule has 1 amide bonds. The smallest absolute Gasteiger partial charge is 0.221 e. The van der Waals surface area contributed by atoms with Gasteiger partial charge in [0.15, 0.2) is 16.8 Å². The Morgan fingerprint density at radius 1 is 0.939 bits per heavy atom. The third kappa shape index (κ3) is 5.69. The topological polar surface area (TPSA) is 76.9 Å². The minimum atomic E-state index is -0.156. The first-order valence-corrected chi connectivity index (χ1v) is 11.6. The second kappa shape index (κ2) is 10.5. The Hall–Kier alpha value is -3.42. The van der Waals surface area contributed by atoms with Crippen molar-refractivity contribution in [3.05, 3.63) is 95.0 Å². The van der Waals surface area contributed by atoms with Crippen molar-refractivity contribution in [2.75, 3.05) is 11.1 Å². The molecule has 0 aliphatic carbocycles. The summed E-state index contributed by atoms with van der Waals surface area (Å²) in [6, 6.07) is 24.3. The number of thioether (sulfide) groups is 1. The highest BCUT2D eigenvalue weighted by Gasteiger charge is 2.18. The maximum atomic E-state index is 12.8. The number of carbonyl (C=O) groups excluding carboxylic acids is 2. The Morgan fingerprint density at radius 3 is 2.33 bits per heavy atom. The number of Topliss-reactive ketones (excluding diaryl/α,β-unsaturated/α-hetero) is 1. The second-order valence-corrected chi connectivity index (χ2v) is 8.68. The number of hydrogen-bond donors (Lipinski definition) is 1. The Morgan fingerprint density at radius 2 is 1.64 bits per heavy atom. The molecule has 0 aliphatic rings. The van der Waals surface area contributed by atoms with Crippen LogP contribution in [-0.4, -0.2) is 32.2 Å². The van der Waals surface area contributed by atoms with E-state index < -0.39 is 0 Å². The van der Waals surface area contributed by atoms with Gasteiger partial charge in [-0.25, -0.2) is 0 Å². The Balaban J connectivity index is 1.56. The molecule has 6 nitrogen and oxygen atoms in total. The fraction of sp³-hybridized carbons (Fsp3) is 0.120. The number of aromatic nitrogens is 3. The number of hydrogen-bond acceptors (Lipinski definition) is 5. The third-order valence-electron chi connectivity index (χ3n) is 4.87. The third-order valence-corrected chi connectivity index (χ3v) is 6.17. The van der Waals surface area contributed by atoms with Crippen molar-refractivity contribution in [3.8, 4) is 11.4 Å². The highest BCUT2D eigenvalue weighted by atomic mass is 35.5. The predicted octanol–water partition coefficient (Wildman–Crippen LogP) is 5.58. The molecule has 0 radical (unpaired) electrons. The van der Waals surface area contributed by atoms with Crippen LogP contribution >= 0.6 is 23.4 Å². The molecule has 0 atom stereocenters. The summed E-state index contributed by atoms with van der Waals surface area (Å²) < 4.78 is 1.98. The lowest BCUT2D eigenvalue weighted by molar-refractivity contribution is -0.114. The highest BCUT2D eigenvalue weighted by Crippen LogP contribution is 2.30. The second-order valence-electron chi connectivity index (χ2n) is 7.33. The lowest BCUT2D eigenvalue weighted by Gasteiger charge is -2.11. The fourth-order valence-corrected chi connectivity index (χ4v) is 4.35. The summed E-state index contributed by atoms with van der Waals surface area (Å²) in [6.07, 6.45) is 0. The van der Waals surface area contributed by atoms with E-state index in [0.717, 1.165) is 11.1 Å². The molecule has 3 aromatic carbocycles. The summed E-state index contributed by atoms with van der Waals surface area (Å²) >= 11 is 7.76. The van der Waals surface area contributed by atoms with Gasteiger partial charge in [-0.3, -0.25) is 14.2 Å². The molecule has 0 fully saturated rings. The Bertz CT molecular complexity index is 1270. The fourth-order valence-electron chi connectivity index (χ4n) is 3.30. The molecule has 33 heavy (non-hydrogen) atoms. The minimum Gasteiger partial charge on any atom is -0.326 e. The highest BCUT2D eigenvalue weighted by molar-refractivity contribution is 7.99. The number of ketones is 1. The van der Waals surface area contributed by atoms with E-state index in [1.54, 1.807) is 24.3 Å². The average Bonchev–Trinajstić information content (AvgIpc) is 3.20. The van der Waals surface area contributed by atoms with E-state index in [4.69, 9.17) is 11.6 Å². The van der Waals surface area contributed by atoms with E-state index in [0.29, 0.717) is 33.8 Å². The SMILES string of the molecule is CC(=O)Nc1ccc(C(=O)CSc2nnc(-c3ccccc3Cl)n2Cc2ccccc2)cc1. The van der Waals surface area contributed by atoms with Crippen LogP contribution < -0.4 is 5.32 Å². The van der Waals surface area contributed by atoms with Crippen LogP contribution in [0.15, 0.2) is 84.0 Å². The van der Waals surface area contributed by atoms with Gasteiger partial charge in [-0.15, -0.1) is 10.2 Å². The molecule has 0 bridgehead atoms. The van der Waals surface area contributed by atoms with Gasteiger partial charge >= 0.3 is 0 Å². The number of rotatable bonds is 8. The molecule has 0 unspecified atom stereocenters. The van der Waals surface area contributed by atoms with Crippen molar-refractivity contribution in [2.24, 2.45) is 0 Å². The van der Waals surface area contributed by atoms with E-state index in [1.165, 1.54) is 18.7 Å². The molecule has 8 heteroatoms. The Labute approximate surface area is 201 Å². The van der Waals surface area contributed by atoms with E-state index in [2.05, 4.69) is 15.5 Å².